The number of anilines is 1. The van der Waals surface area contributed by atoms with Gasteiger partial charge < -0.3 is 20.0 Å². The maximum Gasteiger partial charge on any atom is 0.707 e. The summed E-state index contributed by atoms with van der Waals surface area (Å²) in [5, 5.41) is 26.7. The van der Waals surface area contributed by atoms with Crippen LogP contribution < -0.4 is 9.97 Å². The summed E-state index contributed by atoms with van der Waals surface area (Å²) in [5.74, 6) is 0.557. The fourth-order valence-corrected chi connectivity index (χ4v) is 5.18. The third kappa shape index (κ3) is 3.49. The van der Waals surface area contributed by atoms with Crippen molar-refractivity contribution in [2.75, 3.05) is 5.32 Å². The van der Waals surface area contributed by atoms with E-state index >= 15 is 0 Å². The molecule has 0 atom stereocenters. The Morgan fingerprint density at radius 1 is 1.37 bits per heavy atom. The molecular weight excluding hydrogens is 427 g/mol. The fourth-order valence-electron chi connectivity index (χ4n) is 3.81. The van der Waals surface area contributed by atoms with Crippen molar-refractivity contribution in [3.8, 4) is 22.0 Å². The van der Waals surface area contributed by atoms with Crippen LogP contribution in [-0.2, 0) is 17.6 Å². The number of benzene rings is 1. The van der Waals surface area contributed by atoms with Crippen molar-refractivity contribution in [3.63, 3.8) is 0 Å². The minimum absolute atomic E-state index is 0.154. The first kappa shape index (κ1) is 19.6. The maximum atomic E-state index is 11.5. The molecule has 8 nitrogen and oxygen atoms in total. The number of fused-ring (bicyclic) bond motifs is 3. The summed E-state index contributed by atoms with van der Waals surface area (Å²) in [6.07, 6.45) is 3.90. The van der Waals surface area contributed by atoms with E-state index in [1.54, 1.807) is 12.1 Å². The Bertz CT molecular complexity index is 1160. The molecule has 0 saturated heterocycles. The number of aryl methyl sites for hydroxylation is 1. The second kappa shape index (κ2) is 7.38. The topological polar surface area (TPSA) is 110 Å². The molecule has 3 N–H and O–H groups in total. The minimum atomic E-state index is -1.92. The highest BCUT2D eigenvalue weighted by atomic mass is 35.5. The zero-order valence-electron chi connectivity index (χ0n) is 16.1. The quantitative estimate of drug-likeness (QED) is 0.522. The Morgan fingerprint density at radius 2 is 2.17 bits per heavy atom. The zero-order valence-corrected chi connectivity index (χ0v) is 17.6. The summed E-state index contributed by atoms with van der Waals surface area (Å²) in [5.41, 5.74) is 4.89. The molecule has 1 aromatic carbocycles. The molecule has 11 heteroatoms. The van der Waals surface area contributed by atoms with Gasteiger partial charge in [0.15, 0.2) is 5.13 Å². The molecule has 0 bridgehead atoms. The number of hydrogen-bond acceptors (Lipinski definition) is 7. The molecule has 0 aliphatic heterocycles. The summed E-state index contributed by atoms with van der Waals surface area (Å²) in [7, 11) is -1.92. The minimum Gasteiger partial charge on any atom is -0.512 e. The van der Waals surface area contributed by atoms with E-state index in [0.29, 0.717) is 21.8 Å². The van der Waals surface area contributed by atoms with Crippen molar-refractivity contribution in [2.24, 2.45) is 0 Å². The van der Waals surface area contributed by atoms with Crippen LogP contribution in [0.5, 0.6) is 5.75 Å². The number of thiazole rings is 1. The zero-order chi connectivity index (χ0) is 21.0. The van der Waals surface area contributed by atoms with Gasteiger partial charge in [0.1, 0.15) is 5.75 Å². The smallest absolute Gasteiger partial charge is 0.512 e. The third-order valence-corrected chi connectivity index (χ3v) is 6.50. The van der Waals surface area contributed by atoms with Gasteiger partial charge in [-0.3, -0.25) is 4.79 Å². The second-order valence-corrected chi connectivity index (χ2v) is 8.84. The first-order valence-corrected chi connectivity index (χ1v) is 10.8. The summed E-state index contributed by atoms with van der Waals surface area (Å²) in [4.78, 5) is 17.1. The van der Waals surface area contributed by atoms with Crippen LogP contribution >= 0.6 is 22.9 Å². The number of halogens is 1. The molecule has 1 fully saturated rings. The van der Waals surface area contributed by atoms with Crippen molar-refractivity contribution in [3.05, 3.63) is 40.2 Å². The summed E-state index contributed by atoms with van der Waals surface area (Å²) in [6, 6.07) is 4.89. The number of hydrogen-bond donors (Lipinski definition) is 3. The van der Waals surface area contributed by atoms with E-state index in [1.807, 2.05) is 4.68 Å². The highest BCUT2D eigenvalue weighted by Crippen LogP contribution is 2.48. The van der Waals surface area contributed by atoms with Gasteiger partial charge in [0, 0.05) is 18.4 Å². The summed E-state index contributed by atoms with van der Waals surface area (Å²) < 4.78 is 6.74. The SMILES string of the molecule is CC(=O)Nc1nc2c(s1)-c1c(c(C3CC3)nn1-c1ccc(OB(O)O)cc1Cl)CC2. The van der Waals surface area contributed by atoms with E-state index in [1.165, 1.54) is 29.9 Å². The predicted octanol–water partition coefficient (Wildman–Crippen LogP) is 2.93. The maximum absolute atomic E-state index is 11.5. The molecule has 2 aromatic heterocycles. The Hall–Kier alpha value is -2.40. The standard InChI is InChI=1S/C19H18BClN4O4S/c1-9(26)22-19-23-14-6-5-12-16(10-2-3-10)24-25(17(12)18(14)30-19)15-7-4-11(8-13(15)21)29-20(27)28/h4,7-8,10,27-28H,2-3,5-6H2,1H3,(H,22,23,26). The first-order valence-electron chi connectivity index (χ1n) is 9.63. The molecule has 2 aliphatic carbocycles. The Labute approximate surface area is 181 Å². The first-order chi connectivity index (χ1) is 14.4. The van der Waals surface area contributed by atoms with Crippen LogP contribution in [0.2, 0.25) is 5.02 Å². The van der Waals surface area contributed by atoms with Crippen LogP contribution in [-0.4, -0.2) is 38.0 Å². The van der Waals surface area contributed by atoms with Crippen molar-refractivity contribution in [1.82, 2.24) is 14.8 Å². The molecule has 30 heavy (non-hydrogen) atoms. The van der Waals surface area contributed by atoms with Crippen molar-refractivity contribution >= 4 is 41.3 Å². The Kier molecular flexibility index (Phi) is 4.81. The van der Waals surface area contributed by atoms with Crippen molar-refractivity contribution in [2.45, 2.75) is 38.5 Å². The van der Waals surface area contributed by atoms with E-state index in [0.717, 1.165) is 47.6 Å². The number of rotatable bonds is 5. The molecule has 0 spiro atoms. The van der Waals surface area contributed by atoms with Crippen LogP contribution in [0.4, 0.5) is 5.13 Å². The van der Waals surface area contributed by atoms with Gasteiger partial charge in [0.05, 0.1) is 32.7 Å². The average Bonchev–Trinajstić information content (AvgIpc) is 3.31. The third-order valence-electron chi connectivity index (χ3n) is 5.17. The van der Waals surface area contributed by atoms with E-state index in [2.05, 4.69) is 10.3 Å². The van der Waals surface area contributed by atoms with Gasteiger partial charge >= 0.3 is 7.32 Å². The van der Waals surface area contributed by atoms with Crippen LogP contribution in [0.3, 0.4) is 0 Å². The molecule has 2 heterocycles. The molecule has 3 aromatic rings. The van der Waals surface area contributed by atoms with Crippen molar-refractivity contribution in [1.29, 1.82) is 0 Å². The van der Waals surface area contributed by atoms with Gasteiger partial charge in [-0.15, -0.1) is 0 Å². The fraction of sp³-hybridized carbons (Fsp3) is 0.316. The van der Waals surface area contributed by atoms with Crippen LogP contribution in [0.1, 0.15) is 42.6 Å². The highest BCUT2D eigenvalue weighted by Gasteiger charge is 2.36. The monoisotopic (exact) mass is 444 g/mol. The molecule has 1 saturated carbocycles. The van der Waals surface area contributed by atoms with Gasteiger partial charge in [-0.2, -0.15) is 5.10 Å². The van der Waals surface area contributed by atoms with Crippen LogP contribution in [0.25, 0.3) is 16.3 Å². The Balaban J connectivity index is 1.64. The van der Waals surface area contributed by atoms with Gasteiger partial charge in [0.25, 0.3) is 0 Å². The van der Waals surface area contributed by atoms with E-state index in [9.17, 15) is 4.79 Å². The lowest BCUT2D eigenvalue weighted by Crippen LogP contribution is -2.20. The van der Waals surface area contributed by atoms with Gasteiger partial charge in [0.2, 0.25) is 5.91 Å². The van der Waals surface area contributed by atoms with E-state index < -0.39 is 7.32 Å². The highest BCUT2D eigenvalue weighted by molar-refractivity contribution is 7.19. The van der Waals surface area contributed by atoms with Gasteiger partial charge in [-0.1, -0.05) is 22.9 Å². The van der Waals surface area contributed by atoms with Crippen LogP contribution in [0, 0.1) is 0 Å². The molecule has 2 aliphatic rings. The lowest BCUT2D eigenvalue weighted by molar-refractivity contribution is -0.114. The number of nitrogens with one attached hydrogen (secondary N) is 1. The largest absolute Gasteiger partial charge is 0.707 e. The molecule has 0 unspecified atom stereocenters. The molecule has 0 radical (unpaired) electrons. The summed E-state index contributed by atoms with van der Waals surface area (Å²) in [6.45, 7) is 1.47. The molecule has 154 valence electrons. The molecular formula is C19H18BClN4O4S. The van der Waals surface area contributed by atoms with Gasteiger partial charge in [-0.25, -0.2) is 9.67 Å². The van der Waals surface area contributed by atoms with E-state index in [4.69, 9.17) is 31.4 Å². The Morgan fingerprint density at radius 3 is 2.83 bits per heavy atom. The normalized spacial score (nSPS) is 14.8. The number of aromatic nitrogens is 3. The lowest BCUT2D eigenvalue weighted by Gasteiger charge is -2.15. The van der Waals surface area contributed by atoms with E-state index in [-0.39, 0.29) is 11.7 Å². The van der Waals surface area contributed by atoms with Crippen molar-refractivity contribution < 1.29 is 19.5 Å². The van der Waals surface area contributed by atoms with Crippen LogP contribution in [0.15, 0.2) is 18.2 Å². The number of nitrogens with zero attached hydrogens (tertiary/aromatic N) is 3. The number of carbonyl (C=O) groups excluding carboxylic acids is 1. The number of carbonyl (C=O) groups is 1. The molecule has 1 amide bonds. The lowest BCUT2D eigenvalue weighted by atomic mass is 9.96. The predicted molar refractivity (Wildman–Crippen MR) is 114 cm³/mol. The average molecular weight is 445 g/mol. The van der Waals surface area contributed by atoms with Gasteiger partial charge in [-0.05, 0) is 43.9 Å². The second-order valence-electron chi connectivity index (χ2n) is 7.43. The number of amides is 1. The summed E-state index contributed by atoms with van der Waals surface area (Å²) >= 11 is 7.96. The molecule has 5 rings (SSSR count).